The van der Waals surface area contributed by atoms with Gasteiger partial charge in [0.05, 0.1) is 18.1 Å². The van der Waals surface area contributed by atoms with Gasteiger partial charge < -0.3 is 10.1 Å². The molecule has 1 N–H and O–H groups in total. The first-order valence-electron chi connectivity index (χ1n) is 7.48. The summed E-state index contributed by atoms with van der Waals surface area (Å²) in [6.07, 6.45) is 5.92. The van der Waals surface area contributed by atoms with E-state index >= 15 is 0 Å². The molecule has 0 aliphatic rings. The molecule has 1 unspecified atom stereocenters. The number of hydrogen-bond donors (Lipinski definition) is 1. The molecule has 0 saturated heterocycles. The number of benzene rings is 1. The molecule has 3 aromatic rings. The van der Waals surface area contributed by atoms with Crippen molar-refractivity contribution in [3.8, 4) is 11.7 Å². The second-order valence-electron chi connectivity index (χ2n) is 5.18. The number of imidazole rings is 1. The van der Waals surface area contributed by atoms with Crippen LogP contribution < -0.4 is 10.1 Å². The lowest BCUT2D eigenvalue weighted by molar-refractivity contribution is -0.122. The van der Waals surface area contributed by atoms with E-state index in [4.69, 9.17) is 4.74 Å². The smallest absolute Gasteiger partial charge is 0.265 e. The molecule has 2 aromatic heterocycles. The lowest BCUT2D eigenvalue weighted by Crippen LogP contribution is -2.30. The van der Waals surface area contributed by atoms with Gasteiger partial charge in [-0.25, -0.2) is 15.0 Å². The van der Waals surface area contributed by atoms with Gasteiger partial charge in [-0.15, -0.1) is 0 Å². The normalized spacial score (nSPS) is 11.8. The van der Waals surface area contributed by atoms with E-state index in [1.807, 2.05) is 25.1 Å². The molecule has 0 radical (unpaired) electrons. The van der Waals surface area contributed by atoms with Crippen molar-refractivity contribution in [2.45, 2.75) is 20.0 Å². The highest BCUT2D eigenvalue weighted by Gasteiger charge is 2.15. The van der Waals surface area contributed by atoms with Crippen LogP contribution in [0.5, 0.6) is 5.75 Å². The summed E-state index contributed by atoms with van der Waals surface area (Å²) in [6.45, 7) is 3.55. The first kappa shape index (κ1) is 15.7. The van der Waals surface area contributed by atoms with Crippen molar-refractivity contribution < 1.29 is 9.53 Å². The van der Waals surface area contributed by atoms with E-state index in [9.17, 15) is 4.79 Å². The van der Waals surface area contributed by atoms with Gasteiger partial charge in [-0.2, -0.15) is 0 Å². The van der Waals surface area contributed by atoms with Crippen molar-refractivity contribution in [3.63, 3.8) is 0 Å². The van der Waals surface area contributed by atoms with Gasteiger partial charge in [0.25, 0.3) is 5.91 Å². The van der Waals surface area contributed by atoms with Gasteiger partial charge >= 0.3 is 0 Å². The van der Waals surface area contributed by atoms with Crippen LogP contribution in [0.1, 0.15) is 12.7 Å². The fraction of sp³-hybridized carbons (Fsp3) is 0.176. The van der Waals surface area contributed by atoms with Gasteiger partial charge in [-0.05, 0) is 26.0 Å². The molecule has 122 valence electrons. The Bertz CT molecular complexity index is 815. The maximum atomic E-state index is 12.2. The average Bonchev–Trinajstić information content (AvgIpc) is 3.02. The number of anilines is 1. The van der Waals surface area contributed by atoms with Crippen molar-refractivity contribution in [3.05, 3.63) is 60.9 Å². The predicted octanol–water partition coefficient (Wildman–Crippen LogP) is 2.38. The van der Waals surface area contributed by atoms with E-state index in [0.29, 0.717) is 17.4 Å². The first-order valence-corrected chi connectivity index (χ1v) is 7.48. The first-order chi connectivity index (χ1) is 11.6. The van der Waals surface area contributed by atoms with Gasteiger partial charge in [-0.1, -0.05) is 18.2 Å². The molecule has 0 aliphatic carbocycles. The van der Waals surface area contributed by atoms with Crippen LogP contribution in [0.2, 0.25) is 0 Å². The van der Waals surface area contributed by atoms with Crippen LogP contribution in [0.15, 0.2) is 55.1 Å². The summed E-state index contributed by atoms with van der Waals surface area (Å²) >= 11 is 0. The molecule has 24 heavy (non-hydrogen) atoms. The van der Waals surface area contributed by atoms with Crippen LogP contribution in [-0.4, -0.2) is 31.5 Å². The van der Waals surface area contributed by atoms with E-state index in [1.54, 1.807) is 48.4 Å². The van der Waals surface area contributed by atoms with E-state index in [2.05, 4.69) is 20.3 Å². The number of nitrogens with one attached hydrogen (secondary N) is 1. The molecule has 0 saturated carbocycles. The lowest BCUT2D eigenvalue weighted by atomic mass is 10.3. The van der Waals surface area contributed by atoms with Crippen LogP contribution in [0.3, 0.4) is 0 Å². The quantitative estimate of drug-likeness (QED) is 0.779. The topological polar surface area (TPSA) is 81.9 Å². The molecule has 1 atom stereocenters. The minimum Gasteiger partial charge on any atom is -0.481 e. The molecule has 2 heterocycles. The summed E-state index contributed by atoms with van der Waals surface area (Å²) < 4.78 is 7.34. The highest BCUT2D eigenvalue weighted by Crippen LogP contribution is 2.13. The number of nitrogens with zero attached hydrogens (tertiary/aromatic N) is 4. The average molecular weight is 323 g/mol. The molecule has 1 amide bonds. The molecular formula is C17H17N5O2. The summed E-state index contributed by atoms with van der Waals surface area (Å²) in [4.78, 5) is 24.8. The number of aryl methyl sites for hydroxylation is 1. The molecule has 0 bridgehead atoms. The van der Waals surface area contributed by atoms with E-state index in [1.165, 1.54) is 0 Å². The fourth-order valence-corrected chi connectivity index (χ4v) is 2.10. The number of rotatable bonds is 5. The van der Waals surface area contributed by atoms with Crippen LogP contribution in [0.25, 0.3) is 5.95 Å². The Morgan fingerprint density at radius 3 is 2.50 bits per heavy atom. The SMILES string of the molecule is Cc1nccn1-c1ncc(NC(=O)C(C)Oc2ccccc2)cn1. The van der Waals surface area contributed by atoms with Crippen molar-refractivity contribution in [2.24, 2.45) is 0 Å². The zero-order chi connectivity index (χ0) is 16.9. The zero-order valence-corrected chi connectivity index (χ0v) is 13.4. The molecule has 3 rings (SSSR count). The Kier molecular flexibility index (Phi) is 4.51. The monoisotopic (exact) mass is 323 g/mol. The Hall–Kier alpha value is -3.22. The number of para-hydroxylation sites is 1. The van der Waals surface area contributed by atoms with Gasteiger partial charge in [0.2, 0.25) is 5.95 Å². The molecule has 0 aliphatic heterocycles. The Balaban J connectivity index is 1.63. The highest BCUT2D eigenvalue weighted by molar-refractivity contribution is 5.93. The largest absolute Gasteiger partial charge is 0.481 e. The number of ether oxygens (including phenoxy) is 1. The maximum absolute atomic E-state index is 12.2. The zero-order valence-electron chi connectivity index (χ0n) is 13.4. The number of aromatic nitrogens is 4. The molecule has 0 fully saturated rings. The lowest BCUT2D eigenvalue weighted by Gasteiger charge is -2.14. The standard InChI is InChI=1S/C17H17N5O2/c1-12(24-15-6-4-3-5-7-15)16(23)21-14-10-19-17(20-11-14)22-9-8-18-13(22)2/h3-12H,1-2H3,(H,21,23). The Morgan fingerprint density at radius 2 is 1.88 bits per heavy atom. The maximum Gasteiger partial charge on any atom is 0.265 e. The van der Waals surface area contributed by atoms with Gasteiger partial charge in [0.15, 0.2) is 6.10 Å². The summed E-state index contributed by atoms with van der Waals surface area (Å²) in [5.74, 6) is 1.66. The molecule has 0 spiro atoms. The summed E-state index contributed by atoms with van der Waals surface area (Å²) in [5, 5.41) is 2.74. The van der Waals surface area contributed by atoms with Gasteiger partial charge in [-0.3, -0.25) is 9.36 Å². The third kappa shape index (κ3) is 3.57. The predicted molar refractivity (Wildman–Crippen MR) is 89.1 cm³/mol. The van der Waals surface area contributed by atoms with Crippen molar-refractivity contribution >= 4 is 11.6 Å². The second kappa shape index (κ2) is 6.91. The third-order valence-corrected chi connectivity index (χ3v) is 3.37. The Morgan fingerprint density at radius 1 is 1.17 bits per heavy atom. The molecule has 7 heteroatoms. The Labute approximate surface area is 139 Å². The van der Waals surface area contributed by atoms with Gasteiger partial charge in [0.1, 0.15) is 11.6 Å². The molecule has 7 nitrogen and oxygen atoms in total. The minimum atomic E-state index is -0.636. The van der Waals surface area contributed by atoms with Crippen LogP contribution >= 0.6 is 0 Å². The van der Waals surface area contributed by atoms with Crippen LogP contribution in [0, 0.1) is 6.92 Å². The van der Waals surface area contributed by atoms with Crippen LogP contribution in [0.4, 0.5) is 5.69 Å². The van der Waals surface area contributed by atoms with Crippen molar-refractivity contribution in [1.82, 2.24) is 19.5 Å². The van der Waals surface area contributed by atoms with Crippen LogP contribution in [-0.2, 0) is 4.79 Å². The fourth-order valence-electron chi connectivity index (χ4n) is 2.10. The minimum absolute atomic E-state index is 0.269. The number of carbonyl (C=O) groups excluding carboxylic acids is 1. The number of carbonyl (C=O) groups is 1. The summed E-state index contributed by atoms with van der Waals surface area (Å²) in [7, 11) is 0. The molecule has 1 aromatic carbocycles. The van der Waals surface area contributed by atoms with E-state index in [0.717, 1.165) is 5.82 Å². The van der Waals surface area contributed by atoms with Gasteiger partial charge in [0, 0.05) is 12.4 Å². The number of hydrogen-bond acceptors (Lipinski definition) is 5. The summed E-state index contributed by atoms with van der Waals surface area (Å²) in [6, 6.07) is 9.19. The van der Waals surface area contributed by atoms with E-state index < -0.39 is 6.10 Å². The third-order valence-electron chi connectivity index (χ3n) is 3.37. The van der Waals surface area contributed by atoms with Crippen molar-refractivity contribution in [1.29, 1.82) is 0 Å². The number of amides is 1. The molecular weight excluding hydrogens is 306 g/mol. The summed E-state index contributed by atoms with van der Waals surface area (Å²) in [5.41, 5.74) is 0.505. The highest BCUT2D eigenvalue weighted by atomic mass is 16.5. The second-order valence-corrected chi connectivity index (χ2v) is 5.18. The van der Waals surface area contributed by atoms with E-state index in [-0.39, 0.29) is 5.91 Å². The van der Waals surface area contributed by atoms with Crippen molar-refractivity contribution in [2.75, 3.05) is 5.32 Å².